The van der Waals surface area contributed by atoms with E-state index in [9.17, 15) is 4.79 Å². The van der Waals surface area contributed by atoms with Crippen LogP contribution in [-0.4, -0.2) is 34.1 Å². The highest BCUT2D eigenvalue weighted by molar-refractivity contribution is 5.85. The van der Waals surface area contributed by atoms with Crippen molar-refractivity contribution in [2.75, 3.05) is 18.4 Å². The van der Waals surface area contributed by atoms with Crippen molar-refractivity contribution < 1.29 is 4.79 Å². The van der Waals surface area contributed by atoms with E-state index in [-0.39, 0.29) is 0 Å². The van der Waals surface area contributed by atoms with Crippen LogP contribution < -0.4 is 10.6 Å². The van der Waals surface area contributed by atoms with Gasteiger partial charge in [-0.15, -0.1) is 0 Å². The lowest BCUT2D eigenvalue weighted by atomic mass is 10.1. The summed E-state index contributed by atoms with van der Waals surface area (Å²) in [4.78, 5) is 15.1. The molecule has 0 aromatic carbocycles. The van der Waals surface area contributed by atoms with Gasteiger partial charge in [-0.2, -0.15) is 5.10 Å². The highest BCUT2D eigenvalue weighted by atomic mass is 16.1. The first-order valence-corrected chi connectivity index (χ1v) is 8.20. The van der Waals surface area contributed by atoms with Gasteiger partial charge in [0.1, 0.15) is 0 Å². The van der Waals surface area contributed by atoms with Crippen LogP contribution in [-0.2, 0) is 0 Å². The number of nitrogens with zero attached hydrogens (tertiary/aromatic N) is 3. The maximum atomic E-state index is 11.1. The Morgan fingerprint density at radius 2 is 2.26 bits per heavy atom. The zero-order valence-corrected chi connectivity index (χ0v) is 14.0. The molecular weight excluding hydrogens is 290 g/mol. The fourth-order valence-corrected chi connectivity index (χ4v) is 2.59. The van der Waals surface area contributed by atoms with Crippen molar-refractivity contribution in [1.29, 1.82) is 0 Å². The SMILES string of the molecule is CC.Cc1cn(C2CCCNC2)nc1Nc1cnccc1C=O. The summed E-state index contributed by atoms with van der Waals surface area (Å²) in [5.41, 5.74) is 2.32. The first kappa shape index (κ1) is 17.1. The molecule has 2 aromatic heterocycles. The Kier molecular flexibility index (Phi) is 6.29. The van der Waals surface area contributed by atoms with Crippen LogP contribution in [0.3, 0.4) is 0 Å². The van der Waals surface area contributed by atoms with E-state index in [0.29, 0.717) is 17.3 Å². The zero-order chi connectivity index (χ0) is 16.7. The van der Waals surface area contributed by atoms with Crippen molar-refractivity contribution in [3.63, 3.8) is 0 Å². The number of piperidine rings is 1. The monoisotopic (exact) mass is 315 g/mol. The topological polar surface area (TPSA) is 71.8 Å². The summed E-state index contributed by atoms with van der Waals surface area (Å²) in [6, 6.07) is 2.08. The summed E-state index contributed by atoms with van der Waals surface area (Å²) in [7, 11) is 0. The van der Waals surface area contributed by atoms with Crippen LogP contribution in [0.25, 0.3) is 0 Å². The fraction of sp³-hybridized carbons (Fsp3) is 0.471. The smallest absolute Gasteiger partial charge is 0.155 e. The molecule has 0 spiro atoms. The molecule has 1 aliphatic rings. The third-order valence-electron chi connectivity index (χ3n) is 3.79. The van der Waals surface area contributed by atoms with E-state index < -0.39 is 0 Å². The Bertz CT molecular complexity index is 632. The van der Waals surface area contributed by atoms with Gasteiger partial charge in [0.2, 0.25) is 0 Å². The van der Waals surface area contributed by atoms with Gasteiger partial charge in [-0.25, -0.2) is 0 Å². The summed E-state index contributed by atoms with van der Waals surface area (Å²) in [6.45, 7) is 8.05. The molecule has 3 heterocycles. The highest BCUT2D eigenvalue weighted by Gasteiger charge is 2.17. The number of aldehydes is 1. The number of anilines is 2. The van der Waals surface area contributed by atoms with Crippen molar-refractivity contribution in [3.05, 3.63) is 35.8 Å². The van der Waals surface area contributed by atoms with E-state index in [1.165, 1.54) is 6.42 Å². The van der Waals surface area contributed by atoms with Crippen LogP contribution in [0, 0.1) is 6.92 Å². The van der Waals surface area contributed by atoms with E-state index in [2.05, 4.69) is 26.9 Å². The summed E-state index contributed by atoms with van der Waals surface area (Å²) < 4.78 is 2.01. The molecule has 0 radical (unpaired) electrons. The molecule has 2 aromatic rings. The Hall–Kier alpha value is -2.21. The Labute approximate surface area is 137 Å². The van der Waals surface area contributed by atoms with Gasteiger partial charge >= 0.3 is 0 Å². The van der Waals surface area contributed by atoms with Gasteiger partial charge in [0.25, 0.3) is 0 Å². The third kappa shape index (κ3) is 4.16. The maximum Gasteiger partial charge on any atom is 0.155 e. The molecule has 0 amide bonds. The second-order valence-corrected chi connectivity index (χ2v) is 5.35. The molecule has 6 nitrogen and oxygen atoms in total. The molecule has 0 saturated carbocycles. The molecule has 1 saturated heterocycles. The number of carbonyl (C=O) groups excluding carboxylic acids is 1. The molecule has 1 fully saturated rings. The molecule has 0 bridgehead atoms. The standard InChI is InChI=1S/C15H19N5O.C2H6/c1-11-9-20(13-3-2-5-16-7-13)19-15(11)18-14-8-17-6-4-12(14)10-21;1-2/h4,6,8-10,13,16H,2-3,5,7H2,1H3,(H,18,19);1-2H3. The van der Waals surface area contributed by atoms with Crippen LogP contribution >= 0.6 is 0 Å². The van der Waals surface area contributed by atoms with E-state index in [4.69, 9.17) is 0 Å². The maximum absolute atomic E-state index is 11.1. The number of carbonyl (C=O) groups is 1. The number of nitrogens with one attached hydrogen (secondary N) is 2. The van der Waals surface area contributed by atoms with Gasteiger partial charge in [0.05, 0.1) is 17.9 Å². The molecule has 3 rings (SSSR count). The predicted octanol–water partition coefficient (Wildman–Crippen LogP) is 3.09. The first-order chi connectivity index (χ1) is 11.3. The highest BCUT2D eigenvalue weighted by Crippen LogP contribution is 2.23. The second-order valence-electron chi connectivity index (χ2n) is 5.35. The average molecular weight is 315 g/mol. The van der Waals surface area contributed by atoms with Crippen LogP contribution in [0.15, 0.2) is 24.7 Å². The van der Waals surface area contributed by atoms with Gasteiger partial charge in [-0.05, 0) is 32.4 Å². The van der Waals surface area contributed by atoms with Gasteiger partial charge < -0.3 is 10.6 Å². The lowest BCUT2D eigenvalue weighted by Crippen LogP contribution is -2.31. The van der Waals surface area contributed by atoms with Crippen LogP contribution in [0.5, 0.6) is 0 Å². The van der Waals surface area contributed by atoms with E-state index in [1.54, 1.807) is 18.5 Å². The summed E-state index contributed by atoms with van der Waals surface area (Å²) in [6.07, 6.45) is 8.43. The molecule has 2 N–H and O–H groups in total. The van der Waals surface area contributed by atoms with Gasteiger partial charge in [0, 0.05) is 30.1 Å². The zero-order valence-electron chi connectivity index (χ0n) is 14.0. The van der Waals surface area contributed by atoms with E-state index >= 15 is 0 Å². The minimum absolute atomic E-state index is 0.396. The van der Waals surface area contributed by atoms with Crippen LogP contribution in [0.4, 0.5) is 11.5 Å². The lowest BCUT2D eigenvalue weighted by Gasteiger charge is -2.22. The number of hydrogen-bond acceptors (Lipinski definition) is 5. The third-order valence-corrected chi connectivity index (χ3v) is 3.79. The first-order valence-electron chi connectivity index (χ1n) is 8.20. The molecule has 124 valence electrons. The van der Waals surface area contributed by atoms with Gasteiger partial charge in [-0.3, -0.25) is 14.5 Å². The molecule has 1 aliphatic heterocycles. The average Bonchev–Trinajstić information content (AvgIpc) is 2.99. The van der Waals surface area contributed by atoms with Crippen molar-refractivity contribution in [3.8, 4) is 0 Å². The van der Waals surface area contributed by atoms with Gasteiger partial charge in [0.15, 0.2) is 12.1 Å². The lowest BCUT2D eigenvalue weighted by molar-refractivity contribution is 0.112. The van der Waals surface area contributed by atoms with Crippen molar-refractivity contribution in [2.45, 2.75) is 39.7 Å². The van der Waals surface area contributed by atoms with Crippen LogP contribution in [0.2, 0.25) is 0 Å². The normalized spacial score (nSPS) is 17.1. The summed E-state index contributed by atoms with van der Waals surface area (Å²) in [5.74, 6) is 0.775. The predicted molar refractivity (Wildman–Crippen MR) is 92.4 cm³/mol. The molecule has 6 heteroatoms. The summed E-state index contributed by atoms with van der Waals surface area (Å²) >= 11 is 0. The Balaban J connectivity index is 0.000000924. The molecule has 0 aliphatic carbocycles. The van der Waals surface area contributed by atoms with Gasteiger partial charge in [-0.1, -0.05) is 13.8 Å². The van der Waals surface area contributed by atoms with E-state index in [0.717, 1.165) is 37.2 Å². The largest absolute Gasteiger partial charge is 0.337 e. The number of rotatable bonds is 4. The second kappa shape index (κ2) is 8.43. The number of hydrogen-bond donors (Lipinski definition) is 2. The van der Waals surface area contributed by atoms with Crippen molar-refractivity contribution in [2.24, 2.45) is 0 Å². The number of pyridine rings is 1. The molecular formula is C17H25N5O. The minimum Gasteiger partial charge on any atom is -0.337 e. The minimum atomic E-state index is 0.396. The van der Waals surface area contributed by atoms with Crippen molar-refractivity contribution in [1.82, 2.24) is 20.1 Å². The fourth-order valence-electron chi connectivity index (χ4n) is 2.59. The summed E-state index contributed by atoms with van der Waals surface area (Å²) in [5, 5.41) is 11.2. The molecule has 1 unspecified atom stereocenters. The quantitative estimate of drug-likeness (QED) is 0.848. The Morgan fingerprint density at radius 3 is 2.96 bits per heavy atom. The van der Waals surface area contributed by atoms with Crippen LogP contribution in [0.1, 0.15) is 48.7 Å². The molecule has 23 heavy (non-hydrogen) atoms. The number of aryl methyl sites for hydroxylation is 1. The molecule has 1 atom stereocenters. The van der Waals surface area contributed by atoms with Crippen molar-refractivity contribution >= 4 is 17.8 Å². The number of aromatic nitrogens is 3. The Morgan fingerprint density at radius 1 is 1.43 bits per heavy atom. The van der Waals surface area contributed by atoms with E-state index in [1.807, 2.05) is 25.5 Å².